The van der Waals surface area contributed by atoms with Gasteiger partial charge in [0.05, 0.1) is 23.5 Å². The van der Waals surface area contributed by atoms with E-state index in [1.807, 2.05) is 11.6 Å². The van der Waals surface area contributed by atoms with Crippen molar-refractivity contribution in [2.45, 2.75) is 27.3 Å². The van der Waals surface area contributed by atoms with Crippen LogP contribution in [0.25, 0.3) is 0 Å². The van der Waals surface area contributed by atoms with E-state index in [1.54, 1.807) is 6.20 Å². The molecule has 1 heterocycles. The maximum atomic E-state index is 5.94. The summed E-state index contributed by atoms with van der Waals surface area (Å²) >= 11 is 5.94. The van der Waals surface area contributed by atoms with Gasteiger partial charge in [-0.05, 0) is 20.0 Å². The minimum Gasteiger partial charge on any atom is -0.314 e. The molecular weight excluding hydrogens is 236 g/mol. The first-order chi connectivity index (χ1) is 8.19. The first-order valence-electron chi connectivity index (χ1n) is 6.30. The molecule has 98 valence electrons. The van der Waals surface area contributed by atoms with Crippen LogP contribution in [0.2, 0.25) is 5.02 Å². The number of rotatable bonds is 8. The average Bonchev–Trinajstić information content (AvgIpc) is 2.65. The van der Waals surface area contributed by atoms with E-state index < -0.39 is 0 Å². The SMILES string of the molecule is CCN(CC)CCNCCn1ncc(Cl)c1C. The number of hydrogen-bond donors (Lipinski definition) is 1. The van der Waals surface area contributed by atoms with Gasteiger partial charge in [-0.3, -0.25) is 4.68 Å². The smallest absolute Gasteiger partial charge is 0.0814 e. The summed E-state index contributed by atoms with van der Waals surface area (Å²) in [6.07, 6.45) is 1.70. The van der Waals surface area contributed by atoms with Gasteiger partial charge in [0.1, 0.15) is 0 Å². The first-order valence-corrected chi connectivity index (χ1v) is 6.67. The topological polar surface area (TPSA) is 33.1 Å². The summed E-state index contributed by atoms with van der Waals surface area (Å²) in [5, 5.41) is 8.38. The summed E-state index contributed by atoms with van der Waals surface area (Å²) < 4.78 is 1.94. The normalized spacial score (nSPS) is 11.4. The fraction of sp³-hybridized carbons (Fsp3) is 0.750. The Morgan fingerprint density at radius 1 is 1.35 bits per heavy atom. The Labute approximate surface area is 109 Å². The maximum Gasteiger partial charge on any atom is 0.0814 e. The molecule has 0 amide bonds. The third-order valence-electron chi connectivity index (χ3n) is 3.04. The summed E-state index contributed by atoms with van der Waals surface area (Å²) in [7, 11) is 0. The number of nitrogens with one attached hydrogen (secondary N) is 1. The van der Waals surface area contributed by atoms with Crippen LogP contribution in [-0.4, -0.2) is 47.4 Å². The van der Waals surface area contributed by atoms with Gasteiger partial charge in [-0.1, -0.05) is 25.4 Å². The van der Waals surface area contributed by atoms with Crippen LogP contribution in [0.4, 0.5) is 0 Å². The van der Waals surface area contributed by atoms with E-state index in [2.05, 4.69) is 29.2 Å². The van der Waals surface area contributed by atoms with E-state index in [1.165, 1.54) is 0 Å². The van der Waals surface area contributed by atoms with Gasteiger partial charge in [-0.2, -0.15) is 5.10 Å². The lowest BCUT2D eigenvalue weighted by Gasteiger charge is -2.18. The molecule has 1 aromatic rings. The van der Waals surface area contributed by atoms with E-state index in [0.717, 1.165) is 50.0 Å². The molecule has 1 rings (SSSR count). The second-order valence-corrected chi connectivity index (χ2v) is 4.49. The van der Waals surface area contributed by atoms with E-state index in [4.69, 9.17) is 11.6 Å². The molecule has 0 bridgehead atoms. The summed E-state index contributed by atoms with van der Waals surface area (Å²) in [6.45, 7) is 12.5. The van der Waals surface area contributed by atoms with Crippen molar-refractivity contribution in [3.63, 3.8) is 0 Å². The van der Waals surface area contributed by atoms with Crippen LogP contribution in [0.1, 0.15) is 19.5 Å². The van der Waals surface area contributed by atoms with Crippen LogP contribution in [-0.2, 0) is 6.54 Å². The van der Waals surface area contributed by atoms with E-state index in [-0.39, 0.29) is 0 Å². The highest BCUT2D eigenvalue weighted by Crippen LogP contribution is 2.12. The zero-order valence-corrected chi connectivity index (χ0v) is 11.8. The fourth-order valence-corrected chi connectivity index (χ4v) is 1.88. The van der Waals surface area contributed by atoms with Crippen LogP contribution in [0.3, 0.4) is 0 Å². The third kappa shape index (κ3) is 4.66. The number of nitrogens with zero attached hydrogens (tertiary/aromatic N) is 3. The molecule has 1 aromatic heterocycles. The van der Waals surface area contributed by atoms with Gasteiger partial charge in [0.2, 0.25) is 0 Å². The molecule has 0 aromatic carbocycles. The van der Waals surface area contributed by atoms with Gasteiger partial charge in [0, 0.05) is 19.6 Å². The van der Waals surface area contributed by atoms with Gasteiger partial charge in [0.25, 0.3) is 0 Å². The number of likely N-dealkylation sites (N-methyl/N-ethyl adjacent to an activating group) is 1. The van der Waals surface area contributed by atoms with Crippen molar-refractivity contribution in [2.75, 3.05) is 32.7 Å². The minimum atomic E-state index is 0.744. The highest BCUT2D eigenvalue weighted by Gasteiger charge is 2.03. The molecule has 0 atom stereocenters. The molecule has 0 radical (unpaired) electrons. The predicted octanol–water partition coefficient (Wildman–Crippen LogP) is 1.78. The highest BCUT2D eigenvalue weighted by molar-refractivity contribution is 6.31. The number of halogens is 1. The Hall–Kier alpha value is -0.580. The van der Waals surface area contributed by atoms with Crippen LogP contribution >= 0.6 is 11.6 Å². The zero-order valence-electron chi connectivity index (χ0n) is 11.0. The summed E-state index contributed by atoms with van der Waals surface area (Å²) in [6, 6.07) is 0. The lowest BCUT2D eigenvalue weighted by Crippen LogP contribution is -2.33. The van der Waals surface area contributed by atoms with Crippen molar-refractivity contribution >= 4 is 11.6 Å². The molecule has 4 nitrogen and oxygen atoms in total. The molecule has 1 N–H and O–H groups in total. The van der Waals surface area contributed by atoms with Crippen molar-refractivity contribution in [1.29, 1.82) is 0 Å². The van der Waals surface area contributed by atoms with Crippen LogP contribution in [0, 0.1) is 6.92 Å². The molecule has 0 saturated carbocycles. The summed E-state index contributed by atoms with van der Waals surface area (Å²) in [5.41, 5.74) is 1.04. The lowest BCUT2D eigenvalue weighted by atomic mass is 10.4. The second kappa shape index (κ2) is 7.69. The van der Waals surface area contributed by atoms with Gasteiger partial charge >= 0.3 is 0 Å². The van der Waals surface area contributed by atoms with Gasteiger partial charge in [-0.15, -0.1) is 0 Å². The average molecular weight is 259 g/mol. The molecular formula is C12H23ClN4. The second-order valence-electron chi connectivity index (χ2n) is 4.08. The Kier molecular flexibility index (Phi) is 6.55. The summed E-state index contributed by atoms with van der Waals surface area (Å²) in [4.78, 5) is 2.41. The van der Waals surface area contributed by atoms with E-state index in [9.17, 15) is 0 Å². The summed E-state index contributed by atoms with van der Waals surface area (Å²) in [5.74, 6) is 0. The fourth-order valence-electron chi connectivity index (χ4n) is 1.74. The maximum absolute atomic E-state index is 5.94. The van der Waals surface area contributed by atoms with Crippen molar-refractivity contribution < 1.29 is 0 Å². The van der Waals surface area contributed by atoms with Crippen molar-refractivity contribution in [3.05, 3.63) is 16.9 Å². The third-order valence-corrected chi connectivity index (χ3v) is 3.41. The Balaban J connectivity index is 2.14. The minimum absolute atomic E-state index is 0.744. The Bertz CT molecular complexity index is 320. The molecule has 0 spiro atoms. The van der Waals surface area contributed by atoms with Crippen molar-refractivity contribution in [2.24, 2.45) is 0 Å². The molecule has 0 saturated heterocycles. The highest BCUT2D eigenvalue weighted by atomic mass is 35.5. The Morgan fingerprint density at radius 2 is 2.06 bits per heavy atom. The largest absolute Gasteiger partial charge is 0.314 e. The molecule has 0 aliphatic carbocycles. The van der Waals surface area contributed by atoms with Crippen LogP contribution in [0.5, 0.6) is 0 Å². The molecule has 0 aliphatic rings. The molecule has 17 heavy (non-hydrogen) atoms. The Morgan fingerprint density at radius 3 is 2.59 bits per heavy atom. The van der Waals surface area contributed by atoms with Crippen LogP contribution < -0.4 is 5.32 Å². The number of hydrogen-bond acceptors (Lipinski definition) is 3. The van der Waals surface area contributed by atoms with Crippen LogP contribution in [0.15, 0.2) is 6.20 Å². The molecule has 0 unspecified atom stereocenters. The first kappa shape index (κ1) is 14.5. The van der Waals surface area contributed by atoms with Gasteiger partial charge in [-0.25, -0.2) is 0 Å². The predicted molar refractivity (Wildman–Crippen MR) is 72.6 cm³/mol. The van der Waals surface area contributed by atoms with E-state index in [0.29, 0.717) is 0 Å². The van der Waals surface area contributed by atoms with Crippen molar-refractivity contribution in [1.82, 2.24) is 20.0 Å². The number of aromatic nitrogens is 2. The molecule has 5 heteroatoms. The zero-order chi connectivity index (χ0) is 12.7. The van der Waals surface area contributed by atoms with Gasteiger partial charge < -0.3 is 10.2 Å². The molecule has 0 aliphatic heterocycles. The molecule has 0 fully saturated rings. The van der Waals surface area contributed by atoms with Crippen molar-refractivity contribution in [3.8, 4) is 0 Å². The monoisotopic (exact) mass is 258 g/mol. The lowest BCUT2D eigenvalue weighted by molar-refractivity contribution is 0.301. The van der Waals surface area contributed by atoms with Gasteiger partial charge in [0.15, 0.2) is 0 Å². The standard InChI is InChI=1S/C12H23ClN4/c1-4-16(5-2)8-6-14-7-9-17-11(3)12(13)10-15-17/h10,14H,4-9H2,1-3H3. The quantitative estimate of drug-likeness (QED) is 0.722. The van der Waals surface area contributed by atoms with E-state index >= 15 is 0 Å².